The summed E-state index contributed by atoms with van der Waals surface area (Å²) in [5.74, 6) is -0.361. The van der Waals surface area contributed by atoms with E-state index in [4.69, 9.17) is 23.8 Å². The van der Waals surface area contributed by atoms with E-state index in [1.54, 1.807) is 18.2 Å². The van der Waals surface area contributed by atoms with E-state index in [1.165, 1.54) is 6.07 Å². The van der Waals surface area contributed by atoms with E-state index in [9.17, 15) is 9.59 Å². The lowest BCUT2D eigenvalue weighted by molar-refractivity contribution is 0.569. The van der Waals surface area contributed by atoms with Gasteiger partial charge in [-0.25, -0.2) is 14.0 Å². The zero-order valence-electron chi connectivity index (χ0n) is 38.3. The van der Waals surface area contributed by atoms with Gasteiger partial charge in [0.1, 0.15) is 17.0 Å². The van der Waals surface area contributed by atoms with Crippen LogP contribution in [0.25, 0.3) is 99.5 Å². The van der Waals surface area contributed by atoms with Gasteiger partial charge in [0.2, 0.25) is 0 Å². The quantitative estimate of drug-likeness (QED) is 0.0941. The van der Waals surface area contributed by atoms with Crippen molar-refractivity contribution >= 4 is 43.7 Å². The van der Waals surface area contributed by atoms with Gasteiger partial charge < -0.3 is 8.83 Å². The lowest BCUT2D eigenvalue weighted by Crippen LogP contribution is -2.04. The highest BCUT2D eigenvalue weighted by Gasteiger charge is 2.19. The zero-order valence-corrected chi connectivity index (χ0v) is 38.3. The second-order valence-corrected chi connectivity index (χ2v) is 17.9. The molecule has 5 heterocycles. The third kappa shape index (κ3) is 8.57. The Morgan fingerprint density at radius 1 is 0.352 bits per heavy atom. The number of hydrogen-bond acceptors (Lipinski definition) is 7. The number of rotatable bonds is 11. The fraction of sp³-hybridized carbons (Fsp3) is 0.0635. The summed E-state index contributed by atoms with van der Waals surface area (Å²) in [6, 6.07) is 61.1. The summed E-state index contributed by atoms with van der Waals surface area (Å²) in [4.78, 5) is 40.9. The molecule has 0 aliphatic carbocycles. The largest absolute Gasteiger partial charge is 0.422 e. The molecule has 0 saturated heterocycles. The van der Waals surface area contributed by atoms with E-state index in [-0.39, 0.29) is 5.82 Å². The highest BCUT2D eigenvalue weighted by molar-refractivity contribution is 6.02. The van der Waals surface area contributed by atoms with E-state index in [1.807, 2.05) is 110 Å². The standard InChI is InChI=1S/C63H42FN3O4/c64-48-27-28-49(56-38-65-57(46-13-5-2-6-14-46)35-53(56)45-25-23-44(24-26-45)43-11-3-1-4-12-43)52(34-48)47-30-39(19-21-41-32-54-60(66-36-41)50-15-7-9-17-58(50)70-62(54)68)29-40(31-47)20-22-42-33-55-61(67-37-42)51-16-8-10-18-59(51)71-63(55)69/h1-18,23-38H,19-22H2. The molecule has 0 spiro atoms. The van der Waals surface area contributed by atoms with Gasteiger partial charge in [0, 0.05) is 40.5 Å². The molecular formula is C63H42FN3O4. The molecule has 340 valence electrons. The van der Waals surface area contributed by atoms with Crippen molar-refractivity contribution < 1.29 is 13.2 Å². The average Bonchev–Trinajstić information content (AvgIpc) is 3.42. The van der Waals surface area contributed by atoms with Crippen LogP contribution in [-0.2, 0) is 25.7 Å². The van der Waals surface area contributed by atoms with Gasteiger partial charge in [-0.1, -0.05) is 133 Å². The van der Waals surface area contributed by atoms with Gasteiger partial charge in [-0.15, -0.1) is 0 Å². The summed E-state index contributed by atoms with van der Waals surface area (Å²) in [7, 11) is 0. The number of halogens is 1. The summed E-state index contributed by atoms with van der Waals surface area (Å²) >= 11 is 0. The first-order chi connectivity index (χ1) is 34.9. The number of para-hydroxylation sites is 2. The van der Waals surface area contributed by atoms with Crippen molar-refractivity contribution in [3.05, 3.63) is 256 Å². The summed E-state index contributed by atoms with van der Waals surface area (Å²) in [6.07, 6.45) is 7.95. The lowest BCUT2D eigenvalue weighted by Gasteiger charge is -2.18. The molecular weight excluding hydrogens is 882 g/mol. The van der Waals surface area contributed by atoms with Gasteiger partial charge in [-0.3, -0.25) is 15.0 Å². The third-order valence-corrected chi connectivity index (χ3v) is 13.3. The Morgan fingerprint density at radius 3 is 1.44 bits per heavy atom. The Kier molecular flexibility index (Phi) is 11.2. The van der Waals surface area contributed by atoms with Crippen LogP contribution < -0.4 is 11.3 Å². The van der Waals surface area contributed by atoms with Crippen molar-refractivity contribution in [1.82, 2.24) is 15.0 Å². The van der Waals surface area contributed by atoms with Crippen molar-refractivity contribution in [2.24, 2.45) is 0 Å². The predicted octanol–water partition coefficient (Wildman–Crippen LogP) is 14.4. The van der Waals surface area contributed by atoms with Crippen molar-refractivity contribution in [2.75, 3.05) is 0 Å². The summed E-state index contributed by atoms with van der Waals surface area (Å²) < 4.78 is 27.2. The number of aromatic nitrogens is 3. The van der Waals surface area contributed by atoms with Gasteiger partial charge in [0.05, 0.1) is 27.5 Å². The van der Waals surface area contributed by atoms with E-state index in [0.717, 1.165) is 88.8 Å². The minimum atomic E-state index is -0.428. The molecule has 71 heavy (non-hydrogen) atoms. The molecule has 0 amide bonds. The first kappa shape index (κ1) is 43.2. The lowest BCUT2D eigenvalue weighted by atomic mass is 9.87. The summed E-state index contributed by atoms with van der Waals surface area (Å²) in [5, 5.41) is 2.43. The minimum absolute atomic E-state index is 0.361. The van der Waals surface area contributed by atoms with E-state index < -0.39 is 11.3 Å². The molecule has 0 aliphatic rings. The molecule has 0 fully saturated rings. The van der Waals surface area contributed by atoms with Crippen molar-refractivity contribution in [3.63, 3.8) is 0 Å². The first-order valence-electron chi connectivity index (χ1n) is 23.6. The molecule has 0 radical (unpaired) electrons. The molecule has 0 saturated carbocycles. The average molecular weight is 924 g/mol. The zero-order chi connectivity index (χ0) is 47.8. The first-order valence-corrected chi connectivity index (χ1v) is 23.6. The van der Waals surface area contributed by atoms with Crippen LogP contribution in [0.2, 0.25) is 0 Å². The van der Waals surface area contributed by atoms with Gasteiger partial charge in [0.25, 0.3) is 0 Å². The topological polar surface area (TPSA) is 99.1 Å². The number of benzene rings is 7. The normalized spacial score (nSPS) is 11.5. The van der Waals surface area contributed by atoms with E-state index in [2.05, 4.69) is 72.8 Å². The molecule has 12 rings (SSSR count). The Bertz CT molecular complexity index is 3960. The number of hydrogen-bond donors (Lipinski definition) is 0. The second kappa shape index (κ2) is 18.4. The second-order valence-electron chi connectivity index (χ2n) is 17.9. The van der Waals surface area contributed by atoms with Crippen LogP contribution in [0.3, 0.4) is 0 Å². The fourth-order valence-corrected chi connectivity index (χ4v) is 9.76. The maximum Gasteiger partial charge on any atom is 0.345 e. The molecule has 5 aromatic heterocycles. The molecule has 0 bridgehead atoms. The Morgan fingerprint density at radius 2 is 0.845 bits per heavy atom. The van der Waals surface area contributed by atoms with E-state index >= 15 is 4.39 Å². The fourth-order valence-electron chi connectivity index (χ4n) is 9.76. The summed E-state index contributed by atoms with van der Waals surface area (Å²) in [5.41, 5.74) is 14.5. The Hall–Kier alpha value is -9.14. The molecule has 12 aromatic rings. The molecule has 7 aromatic carbocycles. The highest BCUT2D eigenvalue weighted by atomic mass is 19.1. The predicted molar refractivity (Wildman–Crippen MR) is 282 cm³/mol. The molecule has 7 nitrogen and oxygen atoms in total. The van der Waals surface area contributed by atoms with Crippen LogP contribution in [0.4, 0.5) is 4.39 Å². The minimum Gasteiger partial charge on any atom is -0.422 e. The van der Waals surface area contributed by atoms with Crippen LogP contribution >= 0.6 is 0 Å². The smallest absolute Gasteiger partial charge is 0.345 e. The molecule has 8 heteroatoms. The number of fused-ring (bicyclic) bond motifs is 6. The summed E-state index contributed by atoms with van der Waals surface area (Å²) in [6.45, 7) is 0. The third-order valence-electron chi connectivity index (χ3n) is 13.3. The monoisotopic (exact) mass is 923 g/mol. The van der Waals surface area contributed by atoms with Gasteiger partial charge in [0.15, 0.2) is 0 Å². The van der Waals surface area contributed by atoms with Gasteiger partial charge >= 0.3 is 11.3 Å². The van der Waals surface area contributed by atoms with E-state index in [0.29, 0.717) is 58.7 Å². The number of pyridine rings is 3. The van der Waals surface area contributed by atoms with Crippen LogP contribution in [-0.4, -0.2) is 15.0 Å². The van der Waals surface area contributed by atoms with Gasteiger partial charge in [-0.05, 0) is 141 Å². The molecule has 0 aliphatic heterocycles. The Labute approximate surface area is 407 Å². The number of nitrogens with zero attached hydrogens (tertiary/aromatic N) is 3. The highest BCUT2D eigenvalue weighted by Crippen LogP contribution is 2.41. The molecule has 0 N–H and O–H groups in total. The Balaban J connectivity index is 0.954. The van der Waals surface area contributed by atoms with Gasteiger partial charge in [-0.2, -0.15) is 0 Å². The number of aryl methyl sites for hydroxylation is 4. The van der Waals surface area contributed by atoms with Crippen molar-refractivity contribution in [3.8, 4) is 55.8 Å². The maximum atomic E-state index is 15.8. The maximum absolute atomic E-state index is 15.8. The van der Waals surface area contributed by atoms with Crippen LogP contribution in [0.15, 0.2) is 225 Å². The van der Waals surface area contributed by atoms with Crippen molar-refractivity contribution in [2.45, 2.75) is 25.7 Å². The van der Waals surface area contributed by atoms with Crippen LogP contribution in [0.1, 0.15) is 22.3 Å². The molecule has 0 atom stereocenters. The SMILES string of the molecule is O=c1oc2ccccc2c2ncc(CCc3cc(CCc4cnc5c(c4)c(=O)oc4ccccc45)cc(-c4cc(F)ccc4-c4cnc(-c5ccccc5)cc4-c4ccc(-c5ccccc5)cc4)c3)cc12. The molecule has 0 unspecified atom stereocenters. The van der Waals surface area contributed by atoms with Crippen LogP contribution in [0.5, 0.6) is 0 Å². The van der Waals surface area contributed by atoms with Crippen LogP contribution in [0, 0.1) is 5.82 Å². The van der Waals surface area contributed by atoms with Crippen molar-refractivity contribution in [1.29, 1.82) is 0 Å².